The number of hydrogen-bond donors (Lipinski definition) is 1. The SMILES string of the molecule is CCC(C)n1ncc(C(=O)N(C)CC2(O)CCCC2)c1C1CC1. The third-order valence-electron chi connectivity index (χ3n) is 5.45. The molecule has 1 amide bonds. The van der Waals surface area contributed by atoms with Crippen molar-refractivity contribution in [1.82, 2.24) is 14.7 Å². The maximum Gasteiger partial charge on any atom is 0.257 e. The van der Waals surface area contributed by atoms with Gasteiger partial charge in [0.15, 0.2) is 0 Å². The van der Waals surface area contributed by atoms with Crippen LogP contribution in [-0.2, 0) is 0 Å². The number of likely N-dealkylation sites (N-methyl/N-ethyl adjacent to an activating group) is 1. The van der Waals surface area contributed by atoms with Crippen LogP contribution in [0.5, 0.6) is 0 Å². The normalized spacial score (nSPS) is 21.4. The standard InChI is InChI=1S/C18H29N3O2/c1-4-13(2)21-16(14-7-8-14)15(11-19-21)17(22)20(3)12-18(23)9-5-6-10-18/h11,13-14,23H,4-10,12H2,1-3H3. The van der Waals surface area contributed by atoms with Crippen LogP contribution in [0.4, 0.5) is 0 Å². The molecular weight excluding hydrogens is 290 g/mol. The van der Waals surface area contributed by atoms with E-state index in [2.05, 4.69) is 18.9 Å². The van der Waals surface area contributed by atoms with Gasteiger partial charge in [-0.1, -0.05) is 19.8 Å². The van der Waals surface area contributed by atoms with Gasteiger partial charge < -0.3 is 10.0 Å². The van der Waals surface area contributed by atoms with Crippen molar-refractivity contribution in [1.29, 1.82) is 0 Å². The Morgan fingerprint density at radius 2 is 2.13 bits per heavy atom. The maximum atomic E-state index is 12.9. The van der Waals surface area contributed by atoms with E-state index in [1.54, 1.807) is 18.1 Å². The van der Waals surface area contributed by atoms with E-state index in [1.807, 2.05) is 4.68 Å². The Morgan fingerprint density at radius 3 is 2.70 bits per heavy atom. The van der Waals surface area contributed by atoms with E-state index in [0.29, 0.717) is 18.5 Å². The molecule has 2 aliphatic rings. The Kier molecular flexibility index (Phi) is 4.50. The summed E-state index contributed by atoms with van der Waals surface area (Å²) in [4.78, 5) is 14.6. The summed E-state index contributed by atoms with van der Waals surface area (Å²) in [5, 5.41) is 15.1. The highest BCUT2D eigenvalue weighted by atomic mass is 16.3. The van der Waals surface area contributed by atoms with Gasteiger partial charge in [0.05, 0.1) is 23.1 Å². The second-order valence-electron chi connectivity index (χ2n) is 7.51. The summed E-state index contributed by atoms with van der Waals surface area (Å²) >= 11 is 0. The van der Waals surface area contributed by atoms with Crippen LogP contribution in [0.2, 0.25) is 0 Å². The number of amides is 1. The molecule has 1 atom stereocenters. The van der Waals surface area contributed by atoms with E-state index in [0.717, 1.165) is 56.2 Å². The van der Waals surface area contributed by atoms with Gasteiger partial charge in [-0.05, 0) is 39.0 Å². The first-order valence-corrected chi connectivity index (χ1v) is 9.00. The molecule has 2 saturated carbocycles. The third-order valence-corrected chi connectivity index (χ3v) is 5.45. The zero-order valence-corrected chi connectivity index (χ0v) is 14.6. The van der Waals surface area contributed by atoms with E-state index in [1.165, 1.54) is 0 Å². The largest absolute Gasteiger partial charge is 0.388 e. The van der Waals surface area contributed by atoms with E-state index in [4.69, 9.17) is 0 Å². The summed E-state index contributed by atoms with van der Waals surface area (Å²) in [6.07, 6.45) is 8.74. The quantitative estimate of drug-likeness (QED) is 0.876. The molecule has 1 unspecified atom stereocenters. The summed E-state index contributed by atoms with van der Waals surface area (Å²) in [7, 11) is 1.80. The minimum absolute atomic E-state index is 0.00165. The lowest BCUT2D eigenvalue weighted by molar-refractivity contribution is 0.0156. The Hall–Kier alpha value is -1.36. The Balaban J connectivity index is 1.80. The molecule has 1 N–H and O–H groups in total. The minimum atomic E-state index is -0.698. The van der Waals surface area contributed by atoms with Crippen molar-refractivity contribution >= 4 is 5.91 Å². The lowest BCUT2D eigenvalue weighted by Gasteiger charge is -2.28. The van der Waals surface area contributed by atoms with Crippen molar-refractivity contribution < 1.29 is 9.90 Å². The van der Waals surface area contributed by atoms with Gasteiger partial charge in [-0.3, -0.25) is 9.48 Å². The average Bonchev–Trinajstić information content (AvgIpc) is 3.13. The molecule has 1 heterocycles. The smallest absolute Gasteiger partial charge is 0.257 e. The fraction of sp³-hybridized carbons (Fsp3) is 0.778. The molecule has 5 nitrogen and oxygen atoms in total. The molecule has 0 bridgehead atoms. The monoisotopic (exact) mass is 319 g/mol. The van der Waals surface area contributed by atoms with Crippen molar-refractivity contribution in [3.8, 4) is 0 Å². The first kappa shape index (κ1) is 16.5. The van der Waals surface area contributed by atoms with Crippen LogP contribution in [0.3, 0.4) is 0 Å². The van der Waals surface area contributed by atoms with Crippen LogP contribution >= 0.6 is 0 Å². The molecule has 128 valence electrons. The molecule has 0 radical (unpaired) electrons. The fourth-order valence-corrected chi connectivity index (χ4v) is 3.73. The van der Waals surface area contributed by atoms with Gasteiger partial charge in [0.1, 0.15) is 0 Å². The van der Waals surface area contributed by atoms with Crippen LogP contribution in [0, 0.1) is 0 Å². The number of rotatable bonds is 6. The van der Waals surface area contributed by atoms with Crippen LogP contribution < -0.4 is 0 Å². The fourth-order valence-electron chi connectivity index (χ4n) is 3.73. The topological polar surface area (TPSA) is 58.4 Å². The molecule has 1 aromatic rings. The highest BCUT2D eigenvalue weighted by molar-refractivity contribution is 5.95. The van der Waals surface area contributed by atoms with Gasteiger partial charge >= 0.3 is 0 Å². The third kappa shape index (κ3) is 3.30. The van der Waals surface area contributed by atoms with Crippen LogP contribution in [0.25, 0.3) is 0 Å². The van der Waals surface area contributed by atoms with Crippen LogP contribution in [0.1, 0.15) is 86.8 Å². The van der Waals surface area contributed by atoms with E-state index in [-0.39, 0.29) is 5.91 Å². The summed E-state index contributed by atoms with van der Waals surface area (Å²) in [6.45, 7) is 4.72. The van der Waals surface area contributed by atoms with Crippen molar-refractivity contribution in [2.75, 3.05) is 13.6 Å². The Morgan fingerprint density at radius 1 is 1.48 bits per heavy atom. The number of nitrogens with zero attached hydrogens (tertiary/aromatic N) is 3. The van der Waals surface area contributed by atoms with Crippen molar-refractivity contribution in [3.05, 3.63) is 17.5 Å². The van der Waals surface area contributed by atoms with Crippen LogP contribution in [0.15, 0.2) is 6.20 Å². The summed E-state index contributed by atoms with van der Waals surface area (Å²) < 4.78 is 2.04. The molecule has 2 fully saturated rings. The molecule has 0 aromatic carbocycles. The lowest BCUT2D eigenvalue weighted by atomic mass is 10.0. The Bertz CT molecular complexity index is 571. The zero-order valence-electron chi connectivity index (χ0n) is 14.6. The van der Waals surface area contributed by atoms with Gasteiger partial charge in [0.2, 0.25) is 0 Å². The predicted octanol–water partition coefficient (Wildman–Crippen LogP) is 3.11. The zero-order chi connectivity index (χ0) is 16.6. The molecule has 0 spiro atoms. The number of carbonyl (C=O) groups is 1. The minimum Gasteiger partial charge on any atom is -0.388 e. The van der Waals surface area contributed by atoms with Gasteiger partial charge in [0, 0.05) is 25.6 Å². The molecule has 0 aliphatic heterocycles. The molecule has 1 aromatic heterocycles. The van der Waals surface area contributed by atoms with Crippen molar-refractivity contribution in [3.63, 3.8) is 0 Å². The van der Waals surface area contributed by atoms with Gasteiger partial charge in [-0.15, -0.1) is 0 Å². The summed E-state index contributed by atoms with van der Waals surface area (Å²) in [6, 6.07) is 0.316. The van der Waals surface area contributed by atoms with Gasteiger partial charge in [-0.2, -0.15) is 5.10 Å². The summed E-state index contributed by atoms with van der Waals surface area (Å²) in [5.74, 6) is 0.482. The molecule has 23 heavy (non-hydrogen) atoms. The first-order valence-electron chi connectivity index (χ1n) is 9.00. The number of aliphatic hydroxyl groups is 1. The molecule has 5 heteroatoms. The number of aromatic nitrogens is 2. The molecular formula is C18H29N3O2. The highest BCUT2D eigenvalue weighted by Gasteiger charge is 2.37. The molecule has 3 rings (SSSR count). The second-order valence-corrected chi connectivity index (χ2v) is 7.51. The highest BCUT2D eigenvalue weighted by Crippen LogP contribution is 2.43. The average molecular weight is 319 g/mol. The van der Waals surface area contributed by atoms with Gasteiger partial charge in [-0.25, -0.2) is 0 Å². The lowest BCUT2D eigenvalue weighted by Crippen LogP contribution is -2.42. The number of carbonyl (C=O) groups excluding carboxylic acids is 1. The first-order chi connectivity index (χ1) is 10.9. The van der Waals surface area contributed by atoms with Crippen molar-refractivity contribution in [2.45, 2.75) is 76.4 Å². The van der Waals surface area contributed by atoms with E-state index < -0.39 is 5.60 Å². The Labute approximate surface area is 138 Å². The summed E-state index contributed by atoms with van der Waals surface area (Å²) in [5.41, 5.74) is 1.14. The van der Waals surface area contributed by atoms with Gasteiger partial charge in [0.25, 0.3) is 5.91 Å². The molecule has 2 aliphatic carbocycles. The second kappa shape index (κ2) is 6.27. The van der Waals surface area contributed by atoms with E-state index in [9.17, 15) is 9.90 Å². The predicted molar refractivity (Wildman–Crippen MR) is 89.6 cm³/mol. The van der Waals surface area contributed by atoms with Crippen molar-refractivity contribution in [2.24, 2.45) is 0 Å². The molecule has 0 saturated heterocycles. The van der Waals surface area contributed by atoms with E-state index >= 15 is 0 Å². The number of hydrogen-bond acceptors (Lipinski definition) is 3. The maximum absolute atomic E-state index is 12.9. The van der Waals surface area contributed by atoms with Crippen LogP contribution in [-0.4, -0.2) is 44.9 Å².